The number of likely N-dealkylation sites (N-methyl/N-ethyl adjacent to an activating group) is 1. The molecule has 0 atom stereocenters. The van der Waals surface area contributed by atoms with E-state index in [0.717, 1.165) is 42.9 Å². The van der Waals surface area contributed by atoms with E-state index in [1.165, 1.54) is 0 Å². The molecular weight excluding hydrogens is 252 g/mol. The smallest absolute Gasteiger partial charge is 0.254 e. The molecule has 1 aromatic rings. The summed E-state index contributed by atoms with van der Waals surface area (Å²) in [6.45, 7) is 6.42. The van der Waals surface area contributed by atoms with Gasteiger partial charge in [-0.3, -0.25) is 10.6 Å². The first-order valence-electron chi connectivity index (χ1n) is 7.00. The van der Waals surface area contributed by atoms with E-state index in [9.17, 15) is 4.79 Å². The molecule has 0 fully saturated rings. The number of carbonyl (C=O) groups excluding carboxylic acids is 1. The third-order valence-corrected chi connectivity index (χ3v) is 3.22. The summed E-state index contributed by atoms with van der Waals surface area (Å²) in [5, 5.41) is 0. The Balaban J connectivity index is 2.88. The van der Waals surface area contributed by atoms with Crippen molar-refractivity contribution < 1.29 is 4.79 Å². The van der Waals surface area contributed by atoms with Crippen molar-refractivity contribution in [2.75, 3.05) is 39.2 Å². The van der Waals surface area contributed by atoms with Crippen LogP contribution in [0.5, 0.6) is 0 Å². The number of benzene rings is 1. The number of amides is 1. The fourth-order valence-electron chi connectivity index (χ4n) is 2.07. The van der Waals surface area contributed by atoms with Crippen molar-refractivity contribution in [2.45, 2.75) is 20.3 Å². The minimum absolute atomic E-state index is 0.0924. The number of hydrogen-bond acceptors (Lipinski definition) is 4. The van der Waals surface area contributed by atoms with E-state index < -0.39 is 0 Å². The largest absolute Gasteiger partial charge is 0.337 e. The van der Waals surface area contributed by atoms with E-state index >= 15 is 0 Å². The molecule has 112 valence electrons. The topological polar surface area (TPSA) is 61.6 Å². The molecule has 0 saturated carbocycles. The number of hydrogen-bond donors (Lipinski definition) is 2. The van der Waals surface area contributed by atoms with Gasteiger partial charge in [-0.05, 0) is 51.2 Å². The Morgan fingerprint density at radius 1 is 1.25 bits per heavy atom. The Bertz CT molecular complexity index is 445. The summed E-state index contributed by atoms with van der Waals surface area (Å²) >= 11 is 0. The molecular formula is C15H26N4O. The standard InChI is InChI=1S/C15H26N4O/c1-5-8-19(10-9-18(3)4)15(20)14-7-6-13(17-16)11-12(14)2/h6-7,11,17H,5,8-10,16H2,1-4H3. The molecule has 0 heterocycles. The zero-order valence-electron chi connectivity index (χ0n) is 12.9. The van der Waals surface area contributed by atoms with Crippen molar-refractivity contribution >= 4 is 11.6 Å². The Morgan fingerprint density at radius 2 is 1.95 bits per heavy atom. The van der Waals surface area contributed by atoms with Crippen LogP contribution in [0.3, 0.4) is 0 Å². The number of nitrogens with zero attached hydrogens (tertiary/aromatic N) is 2. The van der Waals surface area contributed by atoms with Crippen LogP contribution in [0.15, 0.2) is 18.2 Å². The van der Waals surface area contributed by atoms with Gasteiger partial charge < -0.3 is 15.2 Å². The van der Waals surface area contributed by atoms with Crippen molar-refractivity contribution in [1.29, 1.82) is 0 Å². The van der Waals surface area contributed by atoms with Crippen molar-refractivity contribution in [3.05, 3.63) is 29.3 Å². The first-order valence-corrected chi connectivity index (χ1v) is 7.00. The van der Waals surface area contributed by atoms with Gasteiger partial charge in [0.1, 0.15) is 0 Å². The lowest BCUT2D eigenvalue weighted by Crippen LogP contribution is -2.37. The van der Waals surface area contributed by atoms with Crippen LogP contribution < -0.4 is 11.3 Å². The van der Waals surface area contributed by atoms with Gasteiger partial charge in [-0.1, -0.05) is 6.92 Å². The second-order valence-electron chi connectivity index (χ2n) is 5.27. The first kappa shape index (κ1) is 16.5. The van der Waals surface area contributed by atoms with Gasteiger partial charge in [0, 0.05) is 30.9 Å². The maximum Gasteiger partial charge on any atom is 0.254 e. The van der Waals surface area contributed by atoms with Crippen molar-refractivity contribution in [1.82, 2.24) is 9.80 Å². The average Bonchev–Trinajstić information content (AvgIpc) is 2.42. The number of nitrogens with two attached hydrogens (primary N) is 1. The fraction of sp³-hybridized carbons (Fsp3) is 0.533. The summed E-state index contributed by atoms with van der Waals surface area (Å²) in [5.74, 6) is 5.47. The molecule has 0 radical (unpaired) electrons. The molecule has 20 heavy (non-hydrogen) atoms. The number of rotatable bonds is 7. The molecule has 0 saturated heterocycles. The van der Waals surface area contributed by atoms with Crippen molar-refractivity contribution in [3.8, 4) is 0 Å². The van der Waals surface area contributed by atoms with Gasteiger partial charge in [0.25, 0.3) is 5.91 Å². The molecule has 3 N–H and O–H groups in total. The van der Waals surface area contributed by atoms with Gasteiger partial charge in [0.15, 0.2) is 0 Å². The number of carbonyl (C=O) groups is 1. The lowest BCUT2D eigenvalue weighted by atomic mass is 10.1. The molecule has 0 aliphatic carbocycles. The number of aryl methyl sites for hydroxylation is 1. The third kappa shape index (κ3) is 4.51. The molecule has 0 bridgehead atoms. The van der Waals surface area contributed by atoms with Gasteiger partial charge >= 0.3 is 0 Å². The lowest BCUT2D eigenvalue weighted by Gasteiger charge is -2.24. The Hall–Kier alpha value is -1.59. The maximum atomic E-state index is 12.6. The Morgan fingerprint density at radius 3 is 2.45 bits per heavy atom. The number of hydrazine groups is 1. The Labute approximate surface area is 121 Å². The molecule has 5 nitrogen and oxygen atoms in total. The van der Waals surface area contributed by atoms with Gasteiger partial charge in [-0.2, -0.15) is 0 Å². The minimum atomic E-state index is 0.0924. The molecule has 1 amide bonds. The summed E-state index contributed by atoms with van der Waals surface area (Å²) < 4.78 is 0. The van der Waals surface area contributed by atoms with Gasteiger partial charge in [0.2, 0.25) is 0 Å². The second kappa shape index (κ2) is 7.87. The van der Waals surface area contributed by atoms with E-state index in [1.807, 2.05) is 44.1 Å². The average molecular weight is 278 g/mol. The number of anilines is 1. The molecule has 0 aliphatic rings. The summed E-state index contributed by atoms with van der Waals surface area (Å²) in [5.41, 5.74) is 5.10. The van der Waals surface area contributed by atoms with Crippen molar-refractivity contribution in [2.24, 2.45) is 5.84 Å². The normalized spacial score (nSPS) is 10.7. The van der Waals surface area contributed by atoms with Crippen LogP contribution in [0.25, 0.3) is 0 Å². The van der Waals surface area contributed by atoms with E-state index in [4.69, 9.17) is 5.84 Å². The van der Waals surface area contributed by atoms with Crippen LogP contribution in [0.2, 0.25) is 0 Å². The molecule has 1 rings (SSSR count). The second-order valence-corrected chi connectivity index (χ2v) is 5.27. The Kier molecular flexibility index (Phi) is 6.48. The maximum absolute atomic E-state index is 12.6. The summed E-state index contributed by atoms with van der Waals surface area (Å²) in [6, 6.07) is 5.56. The minimum Gasteiger partial charge on any atom is -0.337 e. The van der Waals surface area contributed by atoms with Crippen LogP contribution in [0.1, 0.15) is 29.3 Å². The van der Waals surface area contributed by atoms with Crippen LogP contribution in [-0.2, 0) is 0 Å². The number of nitrogens with one attached hydrogen (secondary N) is 1. The zero-order chi connectivity index (χ0) is 15.1. The zero-order valence-corrected chi connectivity index (χ0v) is 12.9. The lowest BCUT2D eigenvalue weighted by molar-refractivity contribution is 0.0744. The van der Waals surface area contributed by atoms with E-state index in [-0.39, 0.29) is 5.91 Å². The van der Waals surface area contributed by atoms with Crippen LogP contribution in [0.4, 0.5) is 5.69 Å². The first-order chi connectivity index (χ1) is 9.49. The van der Waals surface area contributed by atoms with Crippen LogP contribution in [0, 0.1) is 6.92 Å². The molecule has 0 aliphatic heterocycles. The predicted molar refractivity (Wildman–Crippen MR) is 83.7 cm³/mol. The van der Waals surface area contributed by atoms with Crippen molar-refractivity contribution in [3.63, 3.8) is 0 Å². The molecule has 0 spiro atoms. The highest BCUT2D eigenvalue weighted by molar-refractivity contribution is 5.96. The number of nitrogen functional groups attached to an aromatic ring is 1. The van der Waals surface area contributed by atoms with Gasteiger partial charge in [-0.25, -0.2) is 0 Å². The molecule has 0 aromatic heterocycles. The van der Waals surface area contributed by atoms with E-state index in [1.54, 1.807) is 0 Å². The third-order valence-electron chi connectivity index (χ3n) is 3.22. The van der Waals surface area contributed by atoms with Crippen LogP contribution in [-0.4, -0.2) is 49.4 Å². The molecule has 5 heteroatoms. The highest BCUT2D eigenvalue weighted by Gasteiger charge is 2.17. The quantitative estimate of drug-likeness (QED) is 0.588. The molecule has 0 unspecified atom stereocenters. The summed E-state index contributed by atoms with van der Waals surface area (Å²) in [4.78, 5) is 16.6. The van der Waals surface area contributed by atoms with E-state index in [2.05, 4.69) is 17.2 Å². The molecule has 1 aromatic carbocycles. The summed E-state index contributed by atoms with van der Waals surface area (Å²) in [7, 11) is 4.03. The predicted octanol–water partition coefficient (Wildman–Crippen LogP) is 1.69. The van der Waals surface area contributed by atoms with Crippen LogP contribution >= 0.6 is 0 Å². The highest BCUT2D eigenvalue weighted by atomic mass is 16.2. The fourth-order valence-corrected chi connectivity index (χ4v) is 2.07. The van der Waals surface area contributed by atoms with Gasteiger partial charge in [-0.15, -0.1) is 0 Å². The van der Waals surface area contributed by atoms with Gasteiger partial charge in [0.05, 0.1) is 0 Å². The SMILES string of the molecule is CCCN(CCN(C)C)C(=O)c1ccc(NN)cc1C. The highest BCUT2D eigenvalue weighted by Crippen LogP contribution is 2.16. The monoisotopic (exact) mass is 278 g/mol. The van der Waals surface area contributed by atoms with E-state index in [0.29, 0.717) is 0 Å². The summed E-state index contributed by atoms with van der Waals surface area (Å²) in [6.07, 6.45) is 0.959.